The molecule has 0 aliphatic carbocycles. The van der Waals surface area contributed by atoms with Gasteiger partial charge in [-0.05, 0) is 61.0 Å². The van der Waals surface area contributed by atoms with Gasteiger partial charge in [0.05, 0.1) is 17.9 Å². The summed E-state index contributed by atoms with van der Waals surface area (Å²) in [5.41, 5.74) is 2.48. The summed E-state index contributed by atoms with van der Waals surface area (Å²) in [6, 6.07) is 20.8. The number of halogens is 2. The summed E-state index contributed by atoms with van der Waals surface area (Å²) in [5.74, 6) is -0.779. The van der Waals surface area contributed by atoms with E-state index >= 15 is 0 Å². The van der Waals surface area contributed by atoms with E-state index in [-0.39, 0.29) is 23.8 Å². The molecule has 10 heteroatoms. The second-order valence-corrected chi connectivity index (χ2v) is 9.44. The van der Waals surface area contributed by atoms with Crippen LogP contribution in [0.15, 0.2) is 82.4 Å². The molecule has 0 atom stereocenters. The molecule has 0 spiro atoms. The summed E-state index contributed by atoms with van der Waals surface area (Å²) >= 11 is 4.65. The maximum absolute atomic E-state index is 14.0. The lowest BCUT2D eigenvalue weighted by molar-refractivity contribution is -0.113. The minimum Gasteiger partial charge on any atom is -0.345 e. The van der Waals surface area contributed by atoms with Crippen molar-refractivity contribution in [3.63, 3.8) is 0 Å². The largest absolute Gasteiger partial charge is 0.345 e. The number of nitrogens with zero attached hydrogens (tertiary/aromatic N) is 3. The number of thioether (sulfide) groups is 1. The number of hydrogen-bond acceptors (Lipinski definition) is 5. The van der Waals surface area contributed by atoms with Gasteiger partial charge in [-0.25, -0.2) is 4.39 Å². The van der Waals surface area contributed by atoms with Crippen LogP contribution in [-0.4, -0.2) is 32.3 Å². The van der Waals surface area contributed by atoms with Gasteiger partial charge in [-0.1, -0.05) is 52.0 Å². The summed E-state index contributed by atoms with van der Waals surface area (Å²) in [4.78, 5) is 25.0. The maximum Gasteiger partial charge on any atom is 0.254 e. The predicted molar refractivity (Wildman–Crippen MR) is 137 cm³/mol. The van der Waals surface area contributed by atoms with Crippen molar-refractivity contribution in [1.82, 2.24) is 20.1 Å². The molecular formula is C25H21BrFN5O2S. The van der Waals surface area contributed by atoms with Crippen molar-refractivity contribution in [2.45, 2.75) is 18.6 Å². The number of rotatable bonds is 8. The van der Waals surface area contributed by atoms with E-state index in [1.165, 1.54) is 30.0 Å². The van der Waals surface area contributed by atoms with Crippen LogP contribution in [-0.2, 0) is 11.3 Å². The normalized spacial score (nSPS) is 10.7. The molecular weight excluding hydrogens is 533 g/mol. The summed E-state index contributed by atoms with van der Waals surface area (Å²) in [7, 11) is 0. The van der Waals surface area contributed by atoms with Crippen LogP contribution in [0, 0.1) is 12.7 Å². The lowest BCUT2D eigenvalue weighted by atomic mass is 10.2. The van der Waals surface area contributed by atoms with Crippen molar-refractivity contribution in [2.75, 3.05) is 11.1 Å². The first-order chi connectivity index (χ1) is 16.9. The van der Waals surface area contributed by atoms with Crippen molar-refractivity contribution in [2.24, 2.45) is 0 Å². The minimum absolute atomic E-state index is 0.0201. The Morgan fingerprint density at radius 1 is 1.03 bits per heavy atom. The van der Waals surface area contributed by atoms with Gasteiger partial charge < -0.3 is 10.6 Å². The topological polar surface area (TPSA) is 88.9 Å². The highest BCUT2D eigenvalue weighted by Crippen LogP contribution is 2.24. The molecule has 0 radical (unpaired) electrons. The van der Waals surface area contributed by atoms with Gasteiger partial charge in [0.1, 0.15) is 5.82 Å². The van der Waals surface area contributed by atoms with Crippen molar-refractivity contribution >= 4 is 45.2 Å². The molecule has 4 aromatic rings. The standard InChI is InChI=1S/C25H21BrFN5O2S/c1-16-5-4-6-18(13-16)29-23(33)15-35-25-31-30-22(32(25)19-11-9-17(26)10-12-19)14-28-24(34)20-7-2-3-8-21(20)27/h2-13H,14-15H2,1H3,(H,28,34)(H,29,33). The third-order valence-corrected chi connectivity index (χ3v) is 6.40. The molecule has 2 amide bonds. The minimum atomic E-state index is -0.602. The van der Waals surface area contributed by atoms with E-state index in [0.717, 1.165) is 21.4 Å². The fourth-order valence-corrected chi connectivity index (χ4v) is 4.34. The first kappa shape index (κ1) is 24.6. The summed E-state index contributed by atoms with van der Waals surface area (Å²) in [5, 5.41) is 14.5. The van der Waals surface area contributed by atoms with E-state index in [1.807, 2.05) is 55.5 Å². The van der Waals surface area contributed by atoms with Crippen LogP contribution in [0.5, 0.6) is 0 Å². The van der Waals surface area contributed by atoms with E-state index in [2.05, 4.69) is 36.8 Å². The zero-order chi connectivity index (χ0) is 24.8. The van der Waals surface area contributed by atoms with E-state index in [1.54, 1.807) is 10.6 Å². The second-order valence-electron chi connectivity index (χ2n) is 7.58. The van der Waals surface area contributed by atoms with E-state index in [9.17, 15) is 14.0 Å². The van der Waals surface area contributed by atoms with Crippen LogP contribution in [0.1, 0.15) is 21.7 Å². The second kappa shape index (κ2) is 11.3. The number of carbonyl (C=O) groups excluding carboxylic acids is 2. The lowest BCUT2D eigenvalue weighted by Crippen LogP contribution is -2.25. The monoisotopic (exact) mass is 553 g/mol. The number of amides is 2. The molecule has 0 aliphatic rings. The first-order valence-corrected chi connectivity index (χ1v) is 12.4. The highest BCUT2D eigenvalue weighted by molar-refractivity contribution is 9.10. The van der Waals surface area contributed by atoms with Gasteiger partial charge in [-0.15, -0.1) is 10.2 Å². The molecule has 0 aliphatic heterocycles. The Bertz CT molecular complexity index is 1360. The van der Waals surface area contributed by atoms with Crippen LogP contribution >= 0.6 is 27.7 Å². The number of aryl methyl sites for hydroxylation is 1. The number of carbonyl (C=O) groups is 2. The average Bonchev–Trinajstić information content (AvgIpc) is 3.25. The first-order valence-electron chi connectivity index (χ1n) is 10.6. The van der Waals surface area contributed by atoms with Crippen LogP contribution < -0.4 is 10.6 Å². The van der Waals surface area contributed by atoms with Crippen LogP contribution in [0.4, 0.5) is 10.1 Å². The molecule has 0 saturated heterocycles. The zero-order valence-corrected chi connectivity index (χ0v) is 21.1. The molecule has 0 saturated carbocycles. The van der Waals surface area contributed by atoms with E-state index in [4.69, 9.17) is 0 Å². The summed E-state index contributed by atoms with van der Waals surface area (Å²) in [6.07, 6.45) is 0. The molecule has 178 valence electrons. The SMILES string of the molecule is Cc1cccc(NC(=O)CSc2nnc(CNC(=O)c3ccccc3F)n2-c2ccc(Br)cc2)c1. The average molecular weight is 554 g/mol. The lowest BCUT2D eigenvalue weighted by Gasteiger charge is -2.11. The molecule has 35 heavy (non-hydrogen) atoms. The number of benzene rings is 3. The third kappa shape index (κ3) is 6.34. The zero-order valence-electron chi connectivity index (χ0n) is 18.7. The predicted octanol–water partition coefficient (Wildman–Crippen LogP) is 5.14. The van der Waals surface area contributed by atoms with Gasteiger partial charge in [-0.3, -0.25) is 14.2 Å². The van der Waals surface area contributed by atoms with Gasteiger partial charge in [-0.2, -0.15) is 0 Å². The van der Waals surface area contributed by atoms with E-state index < -0.39 is 11.7 Å². The molecule has 1 heterocycles. The molecule has 0 bridgehead atoms. The van der Waals surface area contributed by atoms with Crippen molar-refractivity contribution in [3.05, 3.63) is 100 Å². The maximum atomic E-state index is 14.0. The quantitative estimate of drug-likeness (QED) is 0.295. The Morgan fingerprint density at radius 2 is 1.80 bits per heavy atom. The van der Waals surface area contributed by atoms with Crippen molar-refractivity contribution in [3.8, 4) is 5.69 Å². The van der Waals surface area contributed by atoms with Crippen molar-refractivity contribution < 1.29 is 14.0 Å². The summed E-state index contributed by atoms with van der Waals surface area (Å²) in [6.45, 7) is 1.98. The Morgan fingerprint density at radius 3 is 2.54 bits per heavy atom. The van der Waals surface area contributed by atoms with Crippen molar-refractivity contribution in [1.29, 1.82) is 0 Å². The number of aromatic nitrogens is 3. The van der Waals surface area contributed by atoms with Gasteiger partial charge in [0.15, 0.2) is 11.0 Å². The molecule has 1 aromatic heterocycles. The molecule has 4 rings (SSSR count). The molecule has 0 unspecified atom stereocenters. The number of hydrogen-bond donors (Lipinski definition) is 2. The number of nitrogens with one attached hydrogen (secondary N) is 2. The Kier molecular flexibility index (Phi) is 7.94. The molecule has 3 aromatic carbocycles. The van der Waals surface area contributed by atoms with Crippen LogP contribution in [0.25, 0.3) is 5.69 Å². The highest BCUT2D eigenvalue weighted by Gasteiger charge is 2.18. The Hall–Kier alpha value is -3.50. The summed E-state index contributed by atoms with van der Waals surface area (Å²) < 4.78 is 16.6. The highest BCUT2D eigenvalue weighted by atomic mass is 79.9. The number of anilines is 1. The fourth-order valence-electron chi connectivity index (χ4n) is 3.31. The molecule has 2 N–H and O–H groups in total. The fraction of sp³-hybridized carbons (Fsp3) is 0.120. The molecule has 0 fully saturated rings. The van der Waals surface area contributed by atoms with Gasteiger partial charge in [0.25, 0.3) is 5.91 Å². The Balaban J connectivity index is 1.51. The van der Waals surface area contributed by atoms with Crippen LogP contribution in [0.3, 0.4) is 0 Å². The van der Waals surface area contributed by atoms with E-state index in [0.29, 0.717) is 11.0 Å². The van der Waals surface area contributed by atoms with Crippen LogP contribution in [0.2, 0.25) is 0 Å². The third-order valence-electron chi connectivity index (χ3n) is 4.94. The smallest absolute Gasteiger partial charge is 0.254 e. The van der Waals surface area contributed by atoms with Gasteiger partial charge in [0, 0.05) is 15.8 Å². The Labute approximate surface area is 214 Å². The molecule has 7 nitrogen and oxygen atoms in total. The van der Waals surface area contributed by atoms with Gasteiger partial charge in [0.2, 0.25) is 5.91 Å². The van der Waals surface area contributed by atoms with Gasteiger partial charge >= 0.3 is 0 Å².